The molecule has 3 rings (SSSR count). The van der Waals surface area contributed by atoms with E-state index in [9.17, 15) is 4.79 Å². The fourth-order valence-corrected chi connectivity index (χ4v) is 3.09. The first kappa shape index (κ1) is 15.4. The number of amides is 1. The fourth-order valence-electron chi connectivity index (χ4n) is 2.75. The molecule has 1 aromatic carbocycles. The summed E-state index contributed by atoms with van der Waals surface area (Å²) in [6.07, 6.45) is 1.27. The van der Waals surface area contributed by atoms with Gasteiger partial charge in [-0.05, 0) is 45.4 Å². The van der Waals surface area contributed by atoms with E-state index in [1.54, 1.807) is 4.90 Å². The lowest BCUT2D eigenvalue weighted by Gasteiger charge is -2.26. The van der Waals surface area contributed by atoms with Gasteiger partial charge >= 0.3 is 6.09 Å². The van der Waals surface area contributed by atoms with Crippen LogP contribution in [-0.4, -0.2) is 29.7 Å². The van der Waals surface area contributed by atoms with Gasteiger partial charge in [0.05, 0.1) is 0 Å². The average molecular weight is 366 g/mol. The third kappa shape index (κ3) is 3.14. The Balaban J connectivity index is 1.80. The minimum absolute atomic E-state index is 0.246. The largest absolute Gasteiger partial charge is 0.461 e. The van der Waals surface area contributed by atoms with Gasteiger partial charge in [-0.3, -0.25) is 0 Å². The van der Waals surface area contributed by atoms with Gasteiger partial charge < -0.3 is 14.1 Å². The van der Waals surface area contributed by atoms with E-state index < -0.39 is 5.60 Å². The van der Waals surface area contributed by atoms with E-state index in [1.165, 1.54) is 5.56 Å². The fraction of sp³-hybridized carbons (Fsp3) is 0.471. The van der Waals surface area contributed by atoms with E-state index in [-0.39, 0.29) is 6.09 Å². The lowest BCUT2D eigenvalue weighted by Crippen LogP contribution is -2.38. The zero-order valence-electron chi connectivity index (χ0n) is 13.1. The number of fused-ring (bicyclic) bond motifs is 3. The van der Waals surface area contributed by atoms with E-state index in [0.717, 1.165) is 34.0 Å². The average Bonchev–Trinajstić information content (AvgIpc) is 2.60. The molecule has 0 atom stereocenters. The molecule has 1 aromatic heterocycles. The molecule has 0 spiro atoms. The Labute approximate surface area is 138 Å². The summed E-state index contributed by atoms with van der Waals surface area (Å²) in [5.74, 6) is 0.985. The van der Waals surface area contributed by atoms with Gasteiger partial charge in [0.2, 0.25) is 0 Å². The number of halogens is 1. The van der Waals surface area contributed by atoms with Crippen molar-refractivity contribution >= 4 is 33.0 Å². The first-order chi connectivity index (χ1) is 10.3. The lowest BCUT2D eigenvalue weighted by molar-refractivity contribution is 0.0257. The number of ether oxygens (including phenoxy) is 1. The summed E-state index contributed by atoms with van der Waals surface area (Å²) >= 11 is 3.47. The SMILES string of the molecule is CC(C)(C)OC(=O)N1CCc2oc3cc(Br)ccc3c2CC1. The number of hydrogen-bond donors (Lipinski definition) is 0. The summed E-state index contributed by atoms with van der Waals surface area (Å²) < 4.78 is 12.4. The Morgan fingerprint density at radius 3 is 2.73 bits per heavy atom. The summed E-state index contributed by atoms with van der Waals surface area (Å²) in [4.78, 5) is 14.0. The molecule has 0 bridgehead atoms. The molecule has 1 aliphatic heterocycles. The predicted molar refractivity (Wildman–Crippen MR) is 89.1 cm³/mol. The molecular formula is C17H20BrNO3. The number of hydrogen-bond acceptors (Lipinski definition) is 3. The quantitative estimate of drug-likeness (QED) is 0.688. The summed E-state index contributed by atoms with van der Waals surface area (Å²) in [5, 5.41) is 1.14. The zero-order valence-corrected chi connectivity index (χ0v) is 14.7. The Bertz CT molecular complexity index is 714. The summed E-state index contributed by atoms with van der Waals surface area (Å²) in [6.45, 7) is 6.95. The van der Waals surface area contributed by atoms with Gasteiger partial charge in [-0.2, -0.15) is 0 Å². The van der Waals surface area contributed by atoms with Crippen LogP contribution in [0.3, 0.4) is 0 Å². The Kier molecular flexibility index (Phi) is 3.93. The predicted octanol–water partition coefficient (Wildman–Crippen LogP) is 4.53. The maximum Gasteiger partial charge on any atom is 0.410 e. The lowest BCUT2D eigenvalue weighted by atomic mass is 10.1. The molecule has 0 fully saturated rings. The molecule has 4 nitrogen and oxygen atoms in total. The second kappa shape index (κ2) is 5.61. The maximum absolute atomic E-state index is 12.2. The number of benzene rings is 1. The number of nitrogens with zero attached hydrogens (tertiary/aromatic N) is 1. The van der Waals surface area contributed by atoms with Crippen LogP contribution in [0.2, 0.25) is 0 Å². The van der Waals surface area contributed by atoms with Crippen molar-refractivity contribution in [1.29, 1.82) is 0 Å². The third-order valence-electron chi connectivity index (χ3n) is 3.73. The molecule has 0 unspecified atom stereocenters. The van der Waals surface area contributed by atoms with Crippen LogP contribution in [0.15, 0.2) is 27.1 Å². The summed E-state index contributed by atoms with van der Waals surface area (Å²) in [6, 6.07) is 6.09. The second-order valence-electron chi connectivity index (χ2n) is 6.61. The molecule has 0 N–H and O–H groups in total. The van der Waals surface area contributed by atoms with Crippen molar-refractivity contribution < 1.29 is 13.9 Å². The van der Waals surface area contributed by atoms with Gasteiger partial charge in [0.1, 0.15) is 16.9 Å². The van der Waals surface area contributed by atoms with Gasteiger partial charge in [-0.15, -0.1) is 0 Å². The van der Waals surface area contributed by atoms with Gasteiger partial charge in [-0.1, -0.05) is 15.9 Å². The first-order valence-electron chi connectivity index (χ1n) is 7.51. The monoisotopic (exact) mass is 365 g/mol. The highest BCUT2D eigenvalue weighted by atomic mass is 79.9. The highest BCUT2D eigenvalue weighted by Gasteiger charge is 2.26. The van der Waals surface area contributed by atoms with Crippen LogP contribution in [0, 0.1) is 0 Å². The molecule has 5 heteroatoms. The molecule has 22 heavy (non-hydrogen) atoms. The Morgan fingerprint density at radius 2 is 2.00 bits per heavy atom. The van der Waals surface area contributed by atoms with Crippen molar-refractivity contribution in [2.75, 3.05) is 13.1 Å². The molecule has 0 saturated heterocycles. The summed E-state index contributed by atoms with van der Waals surface area (Å²) in [5.41, 5.74) is 1.66. The molecule has 1 amide bonds. The molecule has 2 aromatic rings. The number of carbonyl (C=O) groups is 1. The zero-order chi connectivity index (χ0) is 15.9. The maximum atomic E-state index is 12.2. The molecular weight excluding hydrogens is 346 g/mol. The van der Waals surface area contributed by atoms with E-state index in [0.29, 0.717) is 13.1 Å². The van der Waals surface area contributed by atoms with Crippen LogP contribution in [0.25, 0.3) is 11.0 Å². The smallest absolute Gasteiger partial charge is 0.410 e. The van der Waals surface area contributed by atoms with E-state index in [2.05, 4.69) is 22.0 Å². The molecule has 0 radical (unpaired) electrons. The number of carbonyl (C=O) groups excluding carboxylic acids is 1. The second-order valence-corrected chi connectivity index (χ2v) is 7.53. The van der Waals surface area contributed by atoms with Crippen molar-refractivity contribution in [2.45, 2.75) is 39.2 Å². The van der Waals surface area contributed by atoms with Crippen molar-refractivity contribution in [2.24, 2.45) is 0 Å². The summed E-state index contributed by atoms with van der Waals surface area (Å²) in [7, 11) is 0. The molecule has 2 heterocycles. The van der Waals surface area contributed by atoms with Gasteiger partial charge in [0.25, 0.3) is 0 Å². The molecule has 0 saturated carbocycles. The van der Waals surface area contributed by atoms with E-state index in [1.807, 2.05) is 32.9 Å². The minimum Gasteiger partial charge on any atom is -0.461 e. The topological polar surface area (TPSA) is 42.7 Å². The Hall–Kier alpha value is -1.49. The van der Waals surface area contributed by atoms with Gasteiger partial charge in [-0.25, -0.2) is 4.79 Å². The van der Waals surface area contributed by atoms with E-state index >= 15 is 0 Å². The minimum atomic E-state index is -0.463. The van der Waals surface area contributed by atoms with Crippen LogP contribution in [0.4, 0.5) is 4.79 Å². The highest BCUT2D eigenvalue weighted by Crippen LogP contribution is 2.31. The van der Waals surface area contributed by atoms with Gasteiger partial charge in [0, 0.05) is 34.9 Å². The molecule has 1 aliphatic rings. The van der Waals surface area contributed by atoms with Crippen LogP contribution in [0.1, 0.15) is 32.1 Å². The standard InChI is InChI=1S/C17H20BrNO3/c1-17(2,3)22-16(20)19-8-6-13-12-5-4-11(18)10-15(12)21-14(13)7-9-19/h4-5,10H,6-9H2,1-3H3. The number of rotatable bonds is 0. The highest BCUT2D eigenvalue weighted by molar-refractivity contribution is 9.10. The third-order valence-corrected chi connectivity index (χ3v) is 4.22. The normalized spacial score (nSPS) is 15.5. The number of furan rings is 1. The van der Waals surface area contributed by atoms with Gasteiger partial charge in [0.15, 0.2) is 0 Å². The van der Waals surface area contributed by atoms with Crippen LogP contribution >= 0.6 is 15.9 Å². The Morgan fingerprint density at radius 1 is 1.27 bits per heavy atom. The first-order valence-corrected chi connectivity index (χ1v) is 8.30. The molecule has 0 aliphatic carbocycles. The van der Waals surface area contributed by atoms with Crippen LogP contribution in [0.5, 0.6) is 0 Å². The van der Waals surface area contributed by atoms with Crippen molar-refractivity contribution in [1.82, 2.24) is 4.90 Å². The van der Waals surface area contributed by atoms with E-state index in [4.69, 9.17) is 9.15 Å². The van der Waals surface area contributed by atoms with Crippen molar-refractivity contribution in [3.8, 4) is 0 Å². The molecule has 118 valence electrons. The van der Waals surface area contributed by atoms with Crippen molar-refractivity contribution in [3.05, 3.63) is 34.0 Å². The van der Waals surface area contributed by atoms with Crippen LogP contribution in [-0.2, 0) is 17.6 Å². The van der Waals surface area contributed by atoms with Crippen LogP contribution < -0.4 is 0 Å². The van der Waals surface area contributed by atoms with Crippen molar-refractivity contribution in [3.63, 3.8) is 0 Å².